The molecule has 11 aliphatic rings. The molecule has 140 heavy (non-hydrogen) atoms. The fraction of sp³-hybridized carbons (Fsp3) is 0.963. The first kappa shape index (κ1) is 117. The third-order valence-electron chi connectivity index (χ3n) is 27.4. The molecule has 11 fully saturated rings. The Balaban J connectivity index is 0.838. The summed E-state index contributed by atoms with van der Waals surface area (Å²) in [5, 5.41) is 344. The van der Waals surface area contributed by atoms with Gasteiger partial charge in [0.05, 0.1) is 127 Å². The minimum atomic E-state index is -2.63. The van der Waals surface area contributed by atoms with Gasteiger partial charge < -0.3 is 280 Å². The molecular formula is C80H138BrN5O54. The van der Waals surface area contributed by atoms with Gasteiger partial charge in [-0.2, -0.15) is 0 Å². The molecule has 11 aliphatic heterocycles. The predicted octanol–water partition coefficient (Wildman–Crippen LogP) is -21.7. The first-order valence-corrected chi connectivity index (χ1v) is 46.7. The van der Waals surface area contributed by atoms with Crippen LogP contribution in [0.4, 0.5) is 0 Å². The summed E-state index contributed by atoms with van der Waals surface area (Å²) in [6, 6.07) is -3.01. The minimum absolute atomic E-state index is 0.168. The highest BCUT2D eigenvalue weighted by atomic mass is 79.9. The lowest BCUT2D eigenvalue weighted by Crippen LogP contribution is -2.68. The summed E-state index contributed by atoms with van der Waals surface area (Å²) in [7, 11) is 2.24. The Morgan fingerprint density at radius 3 is 1.00 bits per heavy atom. The number of carbonyl (C=O) groups excluding carboxylic acids is 3. The number of likely N-dealkylation sites (N-methyl/N-ethyl adjacent to an activating group) is 2. The largest absolute Gasteiger partial charge is 0.394 e. The zero-order valence-electron chi connectivity index (χ0n) is 76.4. The Kier molecular flexibility index (Phi) is 42.3. The molecule has 814 valence electrons. The van der Waals surface area contributed by atoms with Gasteiger partial charge in [-0.05, 0) is 0 Å². The number of halogens is 1. The molecule has 0 bridgehead atoms. The lowest BCUT2D eigenvalue weighted by atomic mass is 9.89. The summed E-state index contributed by atoms with van der Waals surface area (Å²) >= 11 is 3.03. The number of nitrogens with two attached hydrogens (primary N) is 2. The second-order valence-electron chi connectivity index (χ2n) is 36.7. The average Bonchev–Trinajstić information content (AvgIpc) is 0.771. The summed E-state index contributed by atoms with van der Waals surface area (Å²) in [6.45, 7) is -6.31. The molecule has 0 aromatic carbocycles. The summed E-state index contributed by atoms with van der Waals surface area (Å²) < 4.78 is 127. The topological polar surface area (TPSA) is 940 Å². The van der Waals surface area contributed by atoms with Crippen LogP contribution in [0, 0.1) is 23.7 Å². The van der Waals surface area contributed by atoms with Crippen molar-refractivity contribution in [2.45, 2.75) is 365 Å². The third kappa shape index (κ3) is 24.8. The van der Waals surface area contributed by atoms with Crippen LogP contribution in [0.15, 0.2) is 0 Å². The van der Waals surface area contributed by atoms with Crippen molar-refractivity contribution < 1.29 is 267 Å². The zero-order chi connectivity index (χ0) is 103. The minimum Gasteiger partial charge on any atom is -0.394 e. The first-order valence-electron chi connectivity index (χ1n) is 45.6. The van der Waals surface area contributed by atoms with E-state index in [9.17, 15) is 168 Å². The van der Waals surface area contributed by atoms with Crippen LogP contribution in [0.5, 0.6) is 0 Å². The quantitative estimate of drug-likeness (QED) is 0.0254. The summed E-state index contributed by atoms with van der Waals surface area (Å²) in [5.74, 6) is -13.3. The molecule has 0 aromatic rings. The van der Waals surface area contributed by atoms with E-state index in [4.69, 9.17) is 111 Å². The van der Waals surface area contributed by atoms with E-state index >= 15 is 0 Å². The van der Waals surface area contributed by atoms with Gasteiger partial charge in [-0.15, -0.1) is 0 Å². The Labute approximate surface area is 805 Å². The molecule has 11 saturated heterocycles. The molecule has 0 radical (unpaired) electrons. The molecule has 59 nitrogen and oxygen atoms in total. The Bertz CT molecular complexity index is 3810. The van der Waals surface area contributed by atoms with Gasteiger partial charge in [-0.1, -0.05) is 43.6 Å². The predicted molar refractivity (Wildman–Crippen MR) is 446 cm³/mol. The fourth-order valence-electron chi connectivity index (χ4n) is 18.5. The van der Waals surface area contributed by atoms with Crippen LogP contribution in [0.3, 0.4) is 0 Å². The van der Waals surface area contributed by atoms with Crippen molar-refractivity contribution in [3.63, 3.8) is 0 Å². The molecule has 0 aliphatic carbocycles. The summed E-state index contributed by atoms with van der Waals surface area (Å²) in [5.41, 5.74) is 12.2. The van der Waals surface area contributed by atoms with E-state index in [2.05, 4.69) is 31.9 Å². The molecule has 60 heteroatoms. The van der Waals surface area contributed by atoms with Crippen molar-refractivity contribution in [2.75, 3.05) is 92.1 Å². The molecule has 57 atom stereocenters. The van der Waals surface area contributed by atoms with E-state index in [1.165, 1.54) is 27.7 Å². The number of nitrogens with one attached hydrogen (secondary N) is 3. The summed E-state index contributed by atoms with van der Waals surface area (Å²) in [6.07, 6.45) is -98.6. The van der Waals surface area contributed by atoms with Crippen LogP contribution in [-0.2, 0) is 114 Å². The first-order chi connectivity index (χ1) is 66.2. The monoisotopic (exact) mass is 2110 g/mol. The lowest BCUT2D eigenvalue weighted by molar-refractivity contribution is -0.402. The van der Waals surface area contributed by atoms with Crippen LogP contribution < -0.4 is 27.4 Å². The number of rotatable bonds is 39. The highest BCUT2D eigenvalue weighted by Crippen LogP contribution is 2.45. The molecule has 22 unspecified atom stereocenters. The molecule has 11 heterocycles. The van der Waals surface area contributed by atoms with Crippen molar-refractivity contribution in [3.05, 3.63) is 0 Å². The maximum Gasteiger partial charge on any atom is 0.280 e. The second-order valence-corrected chi connectivity index (χ2v) is 37.2. The fourth-order valence-corrected chi connectivity index (χ4v) is 18.7. The van der Waals surface area contributed by atoms with Gasteiger partial charge in [0, 0.05) is 50.6 Å². The molecule has 0 aromatic heterocycles. The van der Waals surface area contributed by atoms with Crippen LogP contribution in [0.25, 0.3) is 0 Å². The number of amides is 3. The standard InChI is InChI=1S/C80H138BrN5O54/c1-21-41(100)59(31(14-91)123-68(21)86-38(99)9-81)132-69-22(2)42(101)62(34(17-94)126-69)135-74-58(117)65(136-76-67(55(114)48(107)30(13-90)125-76)138-71-24(4)44(103)61(33(16-93)128-71)134-73-57(116)53(112)50(109)37(131-73)20-122-80(78(119)85-6)8-26(96)40(83)64(140-80)46(105)28(98)11-88)51(110)35(129-74)18-120-75-66(54(113)47(106)29(12-89)124-75)137-70-23(3)43(102)60(32(15-92)127-70)133-72-56(115)52(111)49(108)36(130-72)19-121-79(77(118)84-5)7-25(95)39(82)63(139-79)45(104)27(97)10-87/h21-37,39-76,87-98,100-117H,7-20,82-83H2,1-6H3,(H,84,118)(H,85,119)(H,86,99)/t21-,22-,23?,24?,25+,26+,27?,28?,29?,30+,31?,32-,33?,34?,35?,36?,37?,39+,40+,41?,42?,43?,44+,45+,46+,47+,48+,49-,50-,51+,52?,53?,54?,55?,56-,57-,58+,59+,60+,61+,62+,63?,64?,65?,66+,67?,68+,69-,70-,71-,72-,73-,74-,75-,76+,79+,80+/m0/s1. The van der Waals surface area contributed by atoms with Crippen molar-refractivity contribution in [3.8, 4) is 0 Å². The Morgan fingerprint density at radius 1 is 0.343 bits per heavy atom. The van der Waals surface area contributed by atoms with Gasteiger partial charge in [-0.3, -0.25) is 14.4 Å². The van der Waals surface area contributed by atoms with Crippen LogP contribution in [0.1, 0.15) is 40.5 Å². The van der Waals surface area contributed by atoms with Crippen LogP contribution in [0.2, 0.25) is 0 Å². The molecule has 3 amide bonds. The van der Waals surface area contributed by atoms with Crippen molar-refractivity contribution in [1.82, 2.24) is 16.0 Å². The van der Waals surface area contributed by atoms with Crippen molar-refractivity contribution >= 4 is 33.7 Å². The third-order valence-corrected chi connectivity index (χ3v) is 27.9. The van der Waals surface area contributed by atoms with Gasteiger partial charge >= 0.3 is 0 Å². The molecule has 0 spiro atoms. The summed E-state index contributed by atoms with van der Waals surface area (Å²) in [4.78, 5) is 39.5. The van der Waals surface area contributed by atoms with E-state index in [-0.39, 0.29) is 5.33 Å². The van der Waals surface area contributed by atoms with Gasteiger partial charge in [0.25, 0.3) is 23.4 Å². The van der Waals surface area contributed by atoms with E-state index in [1.807, 2.05) is 0 Å². The number of alkyl halides is 1. The van der Waals surface area contributed by atoms with Crippen LogP contribution >= 0.6 is 15.9 Å². The molecule has 37 N–H and O–H groups in total. The van der Waals surface area contributed by atoms with Crippen molar-refractivity contribution in [1.29, 1.82) is 0 Å². The van der Waals surface area contributed by atoms with Crippen molar-refractivity contribution in [2.24, 2.45) is 35.1 Å². The Morgan fingerprint density at radius 2 is 0.643 bits per heavy atom. The van der Waals surface area contributed by atoms with Gasteiger partial charge in [-0.25, -0.2) is 0 Å². The van der Waals surface area contributed by atoms with E-state index in [0.717, 1.165) is 14.1 Å². The number of aliphatic hydroxyl groups excluding tert-OH is 30. The highest BCUT2D eigenvalue weighted by molar-refractivity contribution is 9.09. The lowest BCUT2D eigenvalue weighted by Gasteiger charge is -2.51. The smallest absolute Gasteiger partial charge is 0.280 e. The number of aliphatic hydroxyl groups is 30. The van der Waals surface area contributed by atoms with E-state index in [1.54, 1.807) is 0 Å². The van der Waals surface area contributed by atoms with Gasteiger partial charge in [0.2, 0.25) is 5.91 Å². The number of hydrogen-bond donors (Lipinski definition) is 35. The van der Waals surface area contributed by atoms with Crippen LogP contribution in [-0.4, -0.2) is 587 Å². The maximum atomic E-state index is 13.6. The Hall–Kier alpha value is -3.23. The molecular weight excluding hydrogens is 1970 g/mol. The SMILES string of the molecule is CNC(=O)[C@@]1(OCC2O[C@@H](O[C@@H]3C(CO)O[C@@H](OC4C(O)[C@H](O)[C@@H](CO)O[C@@H]4OC4[C@H](O)C(CO[C@H]5OC(CO)[C@@H](O)C(O)[C@H]5O[C@@H]5O[C@@H](CO)[C@@H](O[C@@H]6OC(CO[C@]7(C(=O)NC)C[C@@H](O)[C@@H](N)C([C@H](O)C(O)CO)O7)[C@H](O)C(O)[C@@H]6O)C(O)C5C)O[C@@H](O[C@@H]5C(CO)O[C@@H](O[C@@H]6C(CO)O[C@@H](NC(=O)CBr)[C@@H](C)C6O)[C@@H](C)C5O)[C@@H]4O)C(C)[C@H]3O)[C@@H](O)C(O)[C@H]2O)C[C@@H](O)[C@@H](N)C([C@H](O)C(O)CO)O1. The highest BCUT2D eigenvalue weighted by Gasteiger charge is 2.64. The average molecular weight is 2110 g/mol. The van der Waals surface area contributed by atoms with Gasteiger partial charge in [0.15, 0.2) is 50.3 Å². The van der Waals surface area contributed by atoms with E-state index in [0.29, 0.717) is 0 Å². The zero-order valence-corrected chi connectivity index (χ0v) is 78.0. The number of ether oxygens (including phenoxy) is 21. The normalized spacial score (nSPS) is 49.2. The van der Waals surface area contributed by atoms with Gasteiger partial charge in [0.1, 0.15) is 214 Å². The second kappa shape index (κ2) is 50.6. The number of carbonyl (C=O) groups is 3. The number of hydrogen-bond acceptors (Lipinski definition) is 56. The van der Waals surface area contributed by atoms with E-state index < -0.39 is 451 Å². The molecule has 0 saturated carbocycles. The molecule has 11 rings (SSSR count). The maximum absolute atomic E-state index is 13.6.